The summed E-state index contributed by atoms with van der Waals surface area (Å²) >= 11 is 0. The van der Waals surface area contributed by atoms with Crippen LogP contribution in [0.3, 0.4) is 0 Å². The van der Waals surface area contributed by atoms with E-state index >= 15 is 0 Å². The van der Waals surface area contributed by atoms with Gasteiger partial charge in [-0.25, -0.2) is 4.98 Å². The average molecular weight is 286 g/mol. The van der Waals surface area contributed by atoms with Crippen molar-refractivity contribution in [1.82, 2.24) is 9.88 Å². The third kappa shape index (κ3) is 5.05. The van der Waals surface area contributed by atoms with Gasteiger partial charge in [0.2, 0.25) is 0 Å². The fourth-order valence-electron chi connectivity index (χ4n) is 1.60. The smallest absolute Gasteiger partial charge is 0.369 e. The Labute approximate surface area is 116 Å². The summed E-state index contributed by atoms with van der Waals surface area (Å²) in [5.41, 5.74) is -0.877. The molecule has 0 unspecified atom stereocenters. The first-order chi connectivity index (χ1) is 9.34. The van der Waals surface area contributed by atoms with Crippen LogP contribution in [0.2, 0.25) is 0 Å². The summed E-state index contributed by atoms with van der Waals surface area (Å²) < 4.78 is 37.7. The first-order valence-corrected chi connectivity index (χ1v) is 6.21. The van der Waals surface area contributed by atoms with Crippen LogP contribution in [0, 0.1) is 11.3 Å². The molecule has 0 aromatic carbocycles. The molecule has 110 valence electrons. The van der Waals surface area contributed by atoms with Crippen LogP contribution >= 0.6 is 0 Å². The maximum atomic E-state index is 12.6. The summed E-state index contributed by atoms with van der Waals surface area (Å²) in [6.07, 6.45) is -2.79. The van der Waals surface area contributed by atoms with E-state index in [2.05, 4.69) is 10.3 Å². The van der Waals surface area contributed by atoms with E-state index in [1.54, 1.807) is 0 Å². The zero-order valence-corrected chi connectivity index (χ0v) is 11.5. The lowest BCUT2D eigenvalue weighted by Gasteiger charge is -2.12. The van der Waals surface area contributed by atoms with Crippen LogP contribution in [0.4, 0.5) is 19.0 Å². The van der Waals surface area contributed by atoms with Crippen LogP contribution in [-0.2, 0) is 6.18 Å². The number of aromatic nitrogens is 1. The summed E-state index contributed by atoms with van der Waals surface area (Å²) in [6.45, 7) is 1.39. The molecule has 0 saturated carbocycles. The first kappa shape index (κ1) is 16.2. The standard InChI is InChI=1S/C13H17F3N4/c1-20(2)8-4-3-7-18-12-10(9-17)5-6-11(19-12)13(14,15)16/h5-6H,3-4,7-8H2,1-2H3,(H,18,19). The monoisotopic (exact) mass is 286 g/mol. The van der Waals surface area contributed by atoms with E-state index in [1.165, 1.54) is 0 Å². The van der Waals surface area contributed by atoms with E-state index in [9.17, 15) is 13.2 Å². The summed E-state index contributed by atoms with van der Waals surface area (Å²) in [4.78, 5) is 5.51. The predicted octanol–water partition coefficient (Wildman–Crippen LogP) is 2.73. The number of nitrogens with zero attached hydrogens (tertiary/aromatic N) is 3. The molecule has 20 heavy (non-hydrogen) atoms. The third-order valence-electron chi connectivity index (χ3n) is 2.63. The number of anilines is 1. The number of halogens is 3. The van der Waals surface area contributed by atoms with Gasteiger partial charge in [0, 0.05) is 6.54 Å². The van der Waals surface area contributed by atoms with Crippen LogP contribution in [0.15, 0.2) is 12.1 Å². The lowest BCUT2D eigenvalue weighted by atomic mass is 10.2. The number of alkyl halides is 3. The van der Waals surface area contributed by atoms with Crippen molar-refractivity contribution in [2.45, 2.75) is 19.0 Å². The maximum absolute atomic E-state index is 12.6. The normalized spacial score (nSPS) is 11.4. The summed E-state index contributed by atoms with van der Waals surface area (Å²) in [5, 5.41) is 11.7. The topological polar surface area (TPSA) is 52.0 Å². The van der Waals surface area contributed by atoms with Gasteiger partial charge in [-0.15, -0.1) is 0 Å². The van der Waals surface area contributed by atoms with Crippen LogP contribution in [0.1, 0.15) is 24.1 Å². The number of rotatable bonds is 6. The molecular formula is C13H17F3N4. The lowest BCUT2D eigenvalue weighted by molar-refractivity contribution is -0.141. The molecule has 0 atom stereocenters. The van der Waals surface area contributed by atoms with Crippen LogP contribution in [-0.4, -0.2) is 37.1 Å². The molecule has 0 bridgehead atoms. The quantitative estimate of drug-likeness (QED) is 0.817. The van der Waals surface area contributed by atoms with Crippen molar-refractivity contribution in [3.8, 4) is 6.07 Å². The predicted molar refractivity (Wildman–Crippen MR) is 70.2 cm³/mol. The van der Waals surface area contributed by atoms with E-state index in [0.717, 1.165) is 31.5 Å². The van der Waals surface area contributed by atoms with Crippen molar-refractivity contribution in [2.24, 2.45) is 0 Å². The molecule has 1 aromatic rings. The number of hydrogen-bond donors (Lipinski definition) is 1. The van der Waals surface area contributed by atoms with Gasteiger partial charge in [0.1, 0.15) is 17.6 Å². The number of hydrogen-bond acceptors (Lipinski definition) is 4. The van der Waals surface area contributed by atoms with Crippen LogP contribution in [0.25, 0.3) is 0 Å². The Morgan fingerprint density at radius 3 is 2.55 bits per heavy atom. The second kappa shape index (κ2) is 7.10. The van der Waals surface area contributed by atoms with Crippen molar-refractivity contribution in [1.29, 1.82) is 5.26 Å². The highest BCUT2D eigenvalue weighted by Crippen LogP contribution is 2.29. The molecule has 0 radical (unpaired) electrons. The highest BCUT2D eigenvalue weighted by Gasteiger charge is 2.33. The molecule has 0 fully saturated rings. The van der Waals surface area contributed by atoms with E-state index < -0.39 is 11.9 Å². The maximum Gasteiger partial charge on any atom is 0.433 e. The van der Waals surface area contributed by atoms with Crippen molar-refractivity contribution in [3.05, 3.63) is 23.4 Å². The molecule has 0 aliphatic carbocycles. The zero-order chi connectivity index (χ0) is 15.2. The third-order valence-corrected chi connectivity index (χ3v) is 2.63. The Hall–Kier alpha value is -1.81. The molecule has 1 rings (SSSR count). The van der Waals surface area contributed by atoms with Crippen molar-refractivity contribution in [2.75, 3.05) is 32.5 Å². The number of nitriles is 1. The number of pyridine rings is 1. The molecule has 1 aromatic heterocycles. The average Bonchev–Trinajstić information content (AvgIpc) is 2.36. The lowest BCUT2D eigenvalue weighted by Crippen LogP contribution is -2.15. The first-order valence-electron chi connectivity index (χ1n) is 6.21. The Morgan fingerprint density at radius 1 is 1.30 bits per heavy atom. The van der Waals surface area contributed by atoms with Crippen molar-refractivity contribution >= 4 is 5.82 Å². The highest BCUT2D eigenvalue weighted by atomic mass is 19.4. The fourth-order valence-corrected chi connectivity index (χ4v) is 1.60. The van der Waals surface area contributed by atoms with Crippen LogP contribution < -0.4 is 5.32 Å². The summed E-state index contributed by atoms with van der Waals surface area (Å²) in [7, 11) is 3.91. The Kier molecular flexibility index (Phi) is 5.77. The highest BCUT2D eigenvalue weighted by molar-refractivity contribution is 5.52. The molecule has 0 amide bonds. The van der Waals surface area contributed by atoms with E-state index in [0.29, 0.717) is 6.54 Å². The molecule has 0 saturated heterocycles. The van der Waals surface area contributed by atoms with Gasteiger partial charge in [-0.2, -0.15) is 18.4 Å². The minimum absolute atomic E-state index is 0.00724. The molecule has 0 aliphatic rings. The van der Waals surface area contributed by atoms with Gasteiger partial charge in [0.25, 0.3) is 0 Å². The van der Waals surface area contributed by atoms with E-state index in [4.69, 9.17) is 5.26 Å². The second-order valence-corrected chi connectivity index (χ2v) is 4.64. The van der Waals surface area contributed by atoms with Gasteiger partial charge >= 0.3 is 6.18 Å². The summed E-state index contributed by atoms with van der Waals surface area (Å²) in [6, 6.07) is 3.78. The zero-order valence-electron chi connectivity index (χ0n) is 11.5. The Bertz CT molecular complexity index is 477. The Balaban J connectivity index is 2.66. The van der Waals surface area contributed by atoms with Gasteiger partial charge in [-0.1, -0.05) is 0 Å². The molecular weight excluding hydrogens is 269 g/mol. The molecule has 4 nitrogen and oxygen atoms in total. The van der Waals surface area contributed by atoms with Crippen molar-refractivity contribution in [3.63, 3.8) is 0 Å². The number of nitrogens with one attached hydrogen (secondary N) is 1. The SMILES string of the molecule is CN(C)CCCCNc1nc(C(F)(F)F)ccc1C#N. The molecule has 7 heteroatoms. The van der Waals surface area contributed by atoms with Gasteiger partial charge in [-0.3, -0.25) is 0 Å². The minimum Gasteiger partial charge on any atom is -0.369 e. The van der Waals surface area contributed by atoms with Gasteiger partial charge < -0.3 is 10.2 Å². The van der Waals surface area contributed by atoms with Crippen molar-refractivity contribution < 1.29 is 13.2 Å². The van der Waals surface area contributed by atoms with Gasteiger partial charge in [0.05, 0.1) is 5.56 Å². The minimum atomic E-state index is -4.50. The molecule has 1 heterocycles. The van der Waals surface area contributed by atoms with E-state index in [-0.39, 0.29) is 11.4 Å². The fraction of sp³-hybridized carbons (Fsp3) is 0.538. The number of unbranched alkanes of at least 4 members (excludes halogenated alkanes) is 1. The molecule has 1 N–H and O–H groups in total. The molecule has 0 aliphatic heterocycles. The second-order valence-electron chi connectivity index (χ2n) is 4.64. The van der Waals surface area contributed by atoms with Crippen LogP contribution in [0.5, 0.6) is 0 Å². The Morgan fingerprint density at radius 2 is 2.00 bits per heavy atom. The largest absolute Gasteiger partial charge is 0.433 e. The van der Waals surface area contributed by atoms with Gasteiger partial charge in [-0.05, 0) is 45.6 Å². The van der Waals surface area contributed by atoms with Gasteiger partial charge in [0.15, 0.2) is 0 Å². The molecule has 0 spiro atoms. The van der Waals surface area contributed by atoms with E-state index in [1.807, 2.05) is 25.1 Å². The summed E-state index contributed by atoms with van der Waals surface area (Å²) in [5.74, 6) is -0.00724.